The molecule has 5 nitrogen and oxygen atoms in total. The van der Waals surface area contributed by atoms with Gasteiger partial charge in [0.2, 0.25) is 0 Å². The smallest absolute Gasteiger partial charge is 0.328 e. The second-order valence-corrected chi connectivity index (χ2v) is 4.31. The molecule has 0 saturated carbocycles. The van der Waals surface area contributed by atoms with Gasteiger partial charge >= 0.3 is 5.97 Å². The maximum Gasteiger partial charge on any atom is 0.328 e. The zero-order chi connectivity index (χ0) is 15.0. The van der Waals surface area contributed by atoms with E-state index in [9.17, 15) is 4.79 Å². The van der Waals surface area contributed by atoms with E-state index in [2.05, 4.69) is 0 Å². The largest absolute Gasteiger partial charge is 0.493 e. The van der Waals surface area contributed by atoms with Crippen molar-refractivity contribution in [2.75, 3.05) is 27.4 Å². The molecule has 1 aromatic carbocycles. The van der Waals surface area contributed by atoms with E-state index in [4.69, 9.17) is 30.9 Å². The van der Waals surface area contributed by atoms with Crippen LogP contribution in [0.2, 0.25) is 5.02 Å². The standard InChI is InChI=1S/C14H17ClO5/c1-18-6-3-7-20-14-11(15)8-10(4-5-13(16)17)9-12(14)19-2/h4-5,8-9H,3,6-7H2,1-2H3,(H,16,17)/b5-4+. The summed E-state index contributed by atoms with van der Waals surface area (Å²) < 4.78 is 15.7. The molecule has 20 heavy (non-hydrogen) atoms. The summed E-state index contributed by atoms with van der Waals surface area (Å²) in [6, 6.07) is 3.28. The number of hydrogen-bond donors (Lipinski definition) is 1. The van der Waals surface area contributed by atoms with Gasteiger partial charge < -0.3 is 19.3 Å². The number of halogens is 1. The average molecular weight is 301 g/mol. The molecule has 0 unspecified atom stereocenters. The van der Waals surface area contributed by atoms with Crippen molar-refractivity contribution in [1.82, 2.24) is 0 Å². The molecule has 0 aliphatic rings. The molecule has 0 fully saturated rings. The van der Waals surface area contributed by atoms with Crippen LogP contribution in [0.1, 0.15) is 12.0 Å². The van der Waals surface area contributed by atoms with Crippen molar-refractivity contribution < 1.29 is 24.1 Å². The van der Waals surface area contributed by atoms with Crippen LogP contribution in [0, 0.1) is 0 Å². The summed E-state index contributed by atoms with van der Waals surface area (Å²) in [5.41, 5.74) is 0.624. The van der Waals surface area contributed by atoms with Gasteiger partial charge in [0, 0.05) is 26.2 Å². The van der Waals surface area contributed by atoms with Crippen LogP contribution in [0.15, 0.2) is 18.2 Å². The van der Waals surface area contributed by atoms with Crippen LogP contribution in [-0.2, 0) is 9.53 Å². The second kappa shape index (κ2) is 8.45. The molecule has 0 spiro atoms. The maximum absolute atomic E-state index is 10.5. The first-order valence-corrected chi connectivity index (χ1v) is 6.36. The lowest BCUT2D eigenvalue weighted by atomic mass is 10.2. The molecule has 0 saturated heterocycles. The van der Waals surface area contributed by atoms with E-state index >= 15 is 0 Å². The number of carbonyl (C=O) groups is 1. The van der Waals surface area contributed by atoms with Crippen molar-refractivity contribution >= 4 is 23.6 Å². The number of methoxy groups -OCH3 is 2. The van der Waals surface area contributed by atoms with E-state index in [1.54, 1.807) is 19.2 Å². The molecule has 6 heteroatoms. The third-order valence-electron chi connectivity index (χ3n) is 2.41. The topological polar surface area (TPSA) is 65.0 Å². The molecular weight excluding hydrogens is 284 g/mol. The van der Waals surface area contributed by atoms with Crippen molar-refractivity contribution in [2.45, 2.75) is 6.42 Å². The molecule has 1 aromatic rings. The highest BCUT2D eigenvalue weighted by Gasteiger charge is 2.11. The van der Waals surface area contributed by atoms with Gasteiger partial charge in [0.1, 0.15) is 0 Å². The quantitative estimate of drug-likeness (QED) is 0.591. The molecule has 0 amide bonds. The molecule has 1 rings (SSSR count). The average Bonchev–Trinajstić information content (AvgIpc) is 2.42. The predicted octanol–water partition coefficient (Wildman–Crippen LogP) is 2.86. The Labute approximate surface area is 122 Å². The van der Waals surface area contributed by atoms with E-state index in [0.717, 1.165) is 12.5 Å². The minimum atomic E-state index is -1.03. The van der Waals surface area contributed by atoms with Crippen LogP contribution in [0.25, 0.3) is 6.08 Å². The molecule has 0 aromatic heterocycles. The Balaban J connectivity index is 2.87. The molecule has 0 atom stereocenters. The van der Waals surface area contributed by atoms with Crippen molar-refractivity contribution in [2.24, 2.45) is 0 Å². The van der Waals surface area contributed by atoms with Gasteiger partial charge in [-0.1, -0.05) is 11.6 Å². The highest BCUT2D eigenvalue weighted by atomic mass is 35.5. The van der Waals surface area contributed by atoms with Gasteiger partial charge in [0.25, 0.3) is 0 Å². The van der Waals surface area contributed by atoms with E-state index in [1.807, 2.05) is 0 Å². The molecular formula is C14H17ClO5. The molecule has 110 valence electrons. The van der Waals surface area contributed by atoms with Crippen LogP contribution in [0.3, 0.4) is 0 Å². The normalized spacial score (nSPS) is 10.8. The van der Waals surface area contributed by atoms with Gasteiger partial charge in [-0.15, -0.1) is 0 Å². The summed E-state index contributed by atoms with van der Waals surface area (Å²) in [6.45, 7) is 1.05. The first kappa shape index (κ1) is 16.3. The number of carboxylic acid groups (broad SMARTS) is 1. The van der Waals surface area contributed by atoms with Crippen LogP contribution in [-0.4, -0.2) is 38.5 Å². The SMILES string of the molecule is COCCCOc1c(Cl)cc(/C=C/C(=O)O)cc1OC. The highest BCUT2D eigenvalue weighted by Crippen LogP contribution is 2.36. The summed E-state index contributed by atoms with van der Waals surface area (Å²) in [6.07, 6.45) is 3.20. The third-order valence-corrected chi connectivity index (χ3v) is 2.69. The van der Waals surface area contributed by atoms with E-state index < -0.39 is 5.97 Å². The Morgan fingerprint density at radius 2 is 2.10 bits per heavy atom. The Morgan fingerprint density at radius 1 is 1.35 bits per heavy atom. The molecule has 0 bridgehead atoms. The molecule has 1 N–H and O–H groups in total. The fourth-order valence-electron chi connectivity index (χ4n) is 1.52. The lowest BCUT2D eigenvalue weighted by Gasteiger charge is -2.13. The van der Waals surface area contributed by atoms with E-state index in [0.29, 0.717) is 35.3 Å². The first-order chi connectivity index (χ1) is 9.58. The minimum absolute atomic E-state index is 0.367. The molecule has 0 aliphatic heterocycles. The Hall–Kier alpha value is -1.72. The lowest BCUT2D eigenvalue weighted by Crippen LogP contribution is -2.03. The number of ether oxygens (including phenoxy) is 3. The van der Waals surface area contributed by atoms with Gasteiger partial charge in [-0.25, -0.2) is 4.79 Å². The zero-order valence-corrected chi connectivity index (χ0v) is 12.1. The number of rotatable bonds is 8. The summed E-state index contributed by atoms with van der Waals surface area (Å²) in [4.78, 5) is 10.5. The van der Waals surface area contributed by atoms with Crippen molar-refractivity contribution in [3.05, 3.63) is 28.8 Å². The summed E-state index contributed by atoms with van der Waals surface area (Å²) in [5.74, 6) is -0.127. The van der Waals surface area contributed by atoms with Crippen LogP contribution >= 0.6 is 11.6 Å². The number of hydrogen-bond acceptors (Lipinski definition) is 4. The molecule has 0 aliphatic carbocycles. The third kappa shape index (κ3) is 5.11. The number of benzene rings is 1. The van der Waals surface area contributed by atoms with Crippen molar-refractivity contribution in [1.29, 1.82) is 0 Å². The Kier molecular flexibility index (Phi) is 6.90. The van der Waals surface area contributed by atoms with E-state index in [1.165, 1.54) is 13.2 Å². The monoisotopic (exact) mass is 300 g/mol. The van der Waals surface area contributed by atoms with Gasteiger partial charge in [0.05, 0.1) is 18.7 Å². The number of carboxylic acids is 1. The van der Waals surface area contributed by atoms with Crippen molar-refractivity contribution in [3.63, 3.8) is 0 Å². The highest BCUT2D eigenvalue weighted by molar-refractivity contribution is 6.32. The number of aliphatic carboxylic acids is 1. The molecule has 0 radical (unpaired) electrons. The minimum Gasteiger partial charge on any atom is -0.493 e. The van der Waals surface area contributed by atoms with Crippen molar-refractivity contribution in [3.8, 4) is 11.5 Å². The summed E-state index contributed by atoms with van der Waals surface area (Å²) in [5, 5.41) is 8.97. The second-order valence-electron chi connectivity index (χ2n) is 3.90. The van der Waals surface area contributed by atoms with Gasteiger partial charge in [0.15, 0.2) is 11.5 Å². The van der Waals surface area contributed by atoms with Crippen LogP contribution < -0.4 is 9.47 Å². The van der Waals surface area contributed by atoms with Gasteiger partial charge in [-0.2, -0.15) is 0 Å². The Morgan fingerprint density at radius 3 is 2.70 bits per heavy atom. The lowest BCUT2D eigenvalue weighted by molar-refractivity contribution is -0.131. The summed E-state index contributed by atoms with van der Waals surface area (Å²) >= 11 is 6.12. The van der Waals surface area contributed by atoms with E-state index in [-0.39, 0.29) is 0 Å². The van der Waals surface area contributed by atoms with Crippen LogP contribution in [0.4, 0.5) is 0 Å². The predicted molar refractivity (Wildman–Crippen MR) is 76.7 cm³/mol. The fourth-order valence-corrected chi connectivity index (χ4v) is 1.79. The summed E-state index contributed by atoms with van der Waals surface area (Å²) in [7, 11) is 3.12. The van der Waals surface area contributed by atoms with Gasteiger partial charge in [-0.05, 0) is 23.8 Å². The maximum atomic E-state index is 10.5. The zero-order valence-electron chi connectivity index (χ0n) is 11.4. The Bertz CT molecular complexity index is 485. The van der Waals surface area contributed by atoms with Gasteiger partial charge in [-0.3, -0.25) is 0 Å². The fraction of sp³-hybridized carbons (Fsp3) is 0.357. The molecule has 0 heterocycles. The van der Waals surface area contributed by atoms with Crippen LogP contribution in [0.5, 0.6) is 11.5 Å². The first-order valence-electron chi connectivity index (χ1n) is 5.98.